The molecule has 0 radical (unpaired) electrons. The topological polar surface area (TPSA) is 41.1 Å². The lowest BCUT2D eigenvalue weighted by molar-refractivity contribution is -0.128. The summed E-state index contributed by atoms with van der Waals surface area (Å²) in [6.45, 7) is 8.08. The van der Waals surface area contributed by atoms with Crippen molar-refractivity contribution in [3.8, 4) is 0 Å². The number of hydrogen-bond donors (Lipinski definition) is 2. The summed E-state index contributed by atoms with van der Waals surface area (Å²) in [6, 6.07) is 10.3. The number of amides is 1. The highest BCUT2D eigenvalue weighted by Crippen LogP contribution is 2.32. The van der Waals surface area contributed by atoms with Gasteiger partial charge in [0.1, 0.15) is 0 Å². The third kappa shape index (κ3) is 3.95. The molecule has 1 aromatic carbocycles. The van der Waals surface area contributed by atoms with Crippen molar-refractivity contribution >= 4 is 18.3 Å². The summed E-state index contributed by atoms with van der Waals surface area (Å²) in [5.41, 5.74) is 1.18. The van der Waals surface area contributed by atoms with E-state index in [0.29, 0.717) is 0 Å². The number of halogens is 1. The Hall–Kier alpha value is -1.06. The first-order chi connectivity index (χ1) is 8.48. The van der Waals surface area contributed by atoms with Gasteiger partial charge in [-0.1, -0.05) is 51.1 Å². The van der Waals surface area contributed by atoms with Crippen molar-refractivity contribution in [3.63, 3.8) is 0 Å². The van der Waals surface area contributed by atoms with Crippen molar-refractivity contribution in [2.45, 2.75) is 26.8 Å². The molecule has 2 N–H and O–H groups in total. The molecule has 19 heavy (non-hydrogen) atoms. The summed E-state index contributed by atoms with van der Waals surface area (Å²) < 4.78 is 0. The molecule has 106 valence electrons. The standard InChI is InChI=1S/C15H22N2O.ClH/c1-15(2,3)13(11-7-5-4-6-8-11)17-14(18)12-9-16-10-12;/h4-8,12-13,16H,9-10H2,1-3H3,(H,17,18);1H. The molecule has 1 heterocycles. The first kappa shape index (κ1) is 16.0. The molecule has 1 aromatic rings. The van der Waals surface area contributed by atoms with Crippen LogP contribution in [0.4, 0.5) is 0 Å². The van der Waals surface area contributed by atoms with Crippen LogP contribution in [-0.4, -0.2) is 19.0 Å². The second kappa shape index (κ2) is 6.40. The number of nitrogens with one attached hydrogen (secondary N) is 2. The van der Waals surface area contributed by atoms with E-state index in [1.54, 1.807) is 0 Å². The molecule has 0 spiro atoms. The minimum Gasteiger partial charge on any atom is -0.348 e. The highest BCUT2D eigenvalue weighted by molar-refractivity contribution is 5.85. The highest BCUT2D eigenvalue weighted by Gasteiger charge is 2.32. The van der Waals surface area contributed by atoms with Crippen LogP contribution in [0, 0.1) is 11.3 Å². The van der Waals surface area contributed by atoms with Gasteiger partial charge >= 0.3 is 0 Å². The van der Waals surface area contributed by atoms with Gasteiger partial charge in [-0.15, -0.1) is 12.4 Å². The fourth-order valence-electron chi connectivity index (χ4n) is 2.18. The van der Waals surface area contributed by atoms with Crippen molar-refractivity contribution in [3.05, 3.63) is 35.9 Å². The normalized spacial score (nSPS) is 17.0. The van der Waals surface area contributed by atoms with E-state index in [1.807, 2.05) is 18.2 Å². The summed E-state index contributed by atoms with van der Waals surface area (Å²) in [7, 11) is 0. The smallest absolute Gasteiger partial charge is 0.226 e. The summed E-state index contributed by atoms with van der Waals surface area (Å²) in [5, 5.41) is 6.33. The molecule has 0 aromatic heterocycles. The van der Waals surface area contributed by atoms with Crippen LogP contribution in [0.2, 0.25) is 0 Å². The Bertz CT molecular complexity index is 410. The van der Waals surface area contributed by atoms with Crippen LogP contribution < -0.4 is 10.6 Å². The Morgan fingerprint density at radius 3 is 2.26 bits per heavy atom. The van der Waals surface area contributed by atoms with Crippen LogP contribution in [0.1, 0.15) is 32.4 Å². The van der Waals surface area contributed by atoms with E-state index in [0.717, 1.165) is 13.1 Å². The predicted molar refractivity (Wildman–Crippen MR) is 80.4 cm³/mol. The maximum atomic E-state index is 12.1. The lowest BCUT2D eigenvalue weighted by atomic mass is 9.82. The van der Waals surface area contributed by atoms with Crippen molar-refractivity contribution in [1.82, 2.24) is 10.6 Å². The van der Waals surface area contributed by atoms with Gasteiger partial charge in [0.25, 0.3) is 0 Å². The van der Waals surface area contributed by atoms with Crippen LogP contribution in [-0.2, 0) is 4.79 Å². The SMILES string of the molecule is CC(C)(C)C(NC(=O)C1CNC1)c1ccccc1.Cl. The molecule has 4 heteroatoms. The van der Waals surface area contributed by atoms with E-state index in [1.165, 1.54) is 5.56 Å². The largest absolute Gasteiger partial charge is 0.348 e. The van der Waals surface area contributed by atoms with E-state index in [2.05, 4.69) is 43.5 Å². The maximum Gasteiger partial charge on any atom is 0.226 e. The number of hydrogen-bond acceptors (Lipinski definition) is 2. The van der Waals surface area contributed by atoms with Crippen molar-refractivity contribution < 1.29 is 4.79 Å². The molecule has 3 nitrogen and oxygen atoms in total. The fraction of sp³-hybridized carbons (Fsp3) is 0.533. The Morgan fingerprint density at radius 2 is 1.84 bits per heavy atom. The Balaban J connectivity index is 0.00000180. The first-order valence-corrected chi connectivity index (χ1v) is 6.54. The molecule has 1 unspecified atom stereocenters. The number of rotatable bonds is 3. The van der Waals surface area contributed by atoms with Crippen LogP contribution in [0.25, 0.3) is 0 Å². The van der Waals surface area contributed by atoms with Gasteiger partial charge < -0.3 is 10.6 Å². The van der Waals surface area contributed by atoms with E-state index in [4.69, 9.17) is 0 Å². The quantitative estimate of drug-likeness (QED) is 0.894. The van der Waals surface area contributed by atoms with Gasteiger partial charge in [0.05, 0.1) is 12.0 Å². The van der Waals surface area contributed by atoms with Gasteiger partial charge in [-0.05, 0) is 11.0 Å². The Morgan fingerprint density at radius 1 is 1.26 bits per heavy atom. The van der Waals surface area contributed by atoms with Gasteiger partial charge in [-0.3, -0.25) is 4.79 Å². The zero-order chi connectivity index (χ0) is 13.2. The maximum absolute atomic E-state index is 12.1. The van der Waals surface area contributed by atoms with Crippen molar-refractivity contribution in [2.75, 3.05) is 13.1 Å². The number of benzene rings is 1. The molecule has 1 aliphatic rings. The molecule has 2 rings (SSSR count). The first-order valence-electron chi connectivity index (χ1n) is 6.54. The second-order valence-corrected chi connectivity index (χ2v) is 6.07. The summed E-state index contributed by atoms with van der Waals surface area (Å²) >= 11 is 0. The zero-order valence-corrected chi connectivity index (χ0v) is 12.6. The van der Waals surface area contributed by atoms with Crippen molar-refractivity contribution in [1.29, 1.82) is 0 Å². The third-order valence-corrected chi connectivity index (χ3v) is 3.44. The highest BCUT2D eigenvalue weighted by atomic mass is 35.5. The van der Waals surface area contributed by atoms with Crippen molar-refractivity contribution in [2.24, 2.45) is 11.3 Å². The van der Waals surface area contributed by atoms with Crippen LogP contribution in [0.5, 0.6) is 0 Å². The second-order valence-electron chi connectivity index (χ2n) is 6.07. The van der Waals surface area contributed by atoms with Gasteiger partial charge in [-0.2, -0.15) is 0 Å². The molecular weight excluding hydrogens is 260 g/mol. The van der Waals surface area contributed by atoms with Gasteiger partial charge in [-0.25, -0.2) is 0 Å². The fourth-order valence-corrected chi connectivity index (χ4v) is 2.18. The Labute approximate surface area is 121 Å². The monoisotopic (exact) mass is 282 g/mol. The average Bonchev–Trinajstić information content (AvgIpc) is 2.23. The minimum atomic E-state index is 0. The summed E-state index contributed by atoms with van der Waals surface area (Å²) in [5.74, 6) is 0.302. The average molecular weight is 283 g/mol. The number of carbonyl (C=O) groups excluding carboxylic acids is 1. The molecule has 1 aliphatic heterocycles. The van der Waals surface area contributed by atoms with Crippen LogP contribution in [0.15, 0.2) is 30.3 Å². The lowest BCUT2D eigenvalue weighted by Crippen LogP contribution is -2.52. The van der Waals surface area contributed by atoms with E-state index < -0.39 is 0 Å². The molecule has 0 aliphatic carbocycles. The van der Waals surface area contributed by atoms with Gasteiger partial charge in [0.2, 0.25) is 5.91 Å². The van der Waals surface area contributed by atoms with E-state index in [-0.39, 0.29) is 35.7 Å². The molecule has 1 atom stereocenters. The molecule has 1 amide bonds. The Kier molecular flexibility index (Phi) is 5.39. The van der Waals surface area contributed by atoms with Gasteiger partial charge in [0.15, 0.2) is 0 Å². The molecule has 1 saturated heterocycles. The molecule has 0 saturated carbocycles. The van der Waals surface area contributed by atoms with E-state index in [9.17, 15) is 4.79 Å². The molecule has 1 fully saturated rings. The van der Waals surface area contributed by atoms with Crippen LogP contribution >= 0.6 is 12.4 Å². The van der Waals surface area contributed by atoms with Gasteiger partial charge in [0, 0.05) is 13.1 Å². The number of carbonyl (C=O) groups is 1. The summed E-state index contributed by atoms with van der Waals surface area (Å²) in [6.07, 6.45) is 0. The molecular formula is C15H23ClN2O. The van der Waals surface area contributed by atoms with E-state index >= 15 is 0 Å². The zero-order valence-electron chi connectivity index (χ0n) is 11.8. The molecule has 0 bridgehead atoms. The van der Waals surface area contributed by atoms with Crippen LogP contribution in [0.3, 0.4) is 0 Å². The predicted octanol–water partition coefficient (Wildman–Crippen LogP) is 2.53. The summed E-state index contributed by atoms with van der Waals surface area (Å²) in [4.78, 5) is 12.1. The lowest BCUT2D eigenvalue weighted by Gasteiger charge is -2.35. The third-order valence-electron chi connectivity index (χ3n) is 3.44. The minimum absolute atomic E-state index is 0.